The zero-order chi connectivity index (χ0) is 17.1. The predicted octanol–water partition coefficient (Wildman–Crippen LogP) is 5.22. The normalized spacial score (nSPS) is 11.0. The summed E-state index contributed by atoms with van der Waals surface area (Å²) < 4.78 is 0. The molecule has 0 unspecified atom stereocenters. The molecular formula is C20H19NO2S. The lowest BCUT2D eigenvalue weighted by molar-refractivity contribution is 0.0701. The third-order valence-corrected chi connectivity index (χ3v) is 5.06. The standard InChI is InChI=1S/C20H19NO2S/c1-13(2)15-8-10-16(11-9-15)19-21-17(18(24-19)20(22)23)12-14-6-4-3-5-7-14/h3-11,13H,12H2,1-2H3,(H,22,23). The summed E-state index contributed by atoms with van der Waals surface area (Å²) in [5.41, 5.74) is 3.91. The van der Waals surface area contributed by atoms with Gasteiger partial charge < -0.3 is 5.11 Å². The molecule has 0 aliphatic heterocycles. The highest BCUT2D eigenvalue weighted by molar-refractivity contribution is 7.17. The van der Waals surface area contributed by atoms with Crippen molar-refractivity contribution in [2.24, 2.45) is 0 Å². The number of hydrogen-bond donors (Lipinski definition) is 1. The predicted molar refractivity (Wildman–Crippen MR) is 97.8 cm³/mol. The van der Waals surface area contributed by atoms with Crippen LogP contribution < -0.4 is 0 Å². The lowest BCUT2D eigenvalue weighted by Gasteiger charge is -2.05. The van der Waals surface area contributed by atoms with Crippen molar-refractivity contribution in [1.29, 1.82) is 0 Å². The lowest BCUT2D eigenvalue weighted by Crippen LogP contribution is -1.99. The van der Waals surface area contributed by atoms with Gasteiger partial charge in [0.1, 0.15) is 9.88 Å². The van der Waals surface area contributed by atoms with Crippen LogP contribution in [0.5, 0.6) is 0 Å². The average Bonchev–Trinajstić information content (AvgIpc) is 3.00. The lowest BCUT2D eigenvalue weighted by atomic mass is 10.0. The van der Waals surface area contributed by atoms with Crippen molar-refractivity contribution in [2.75, 3.05) is 0 Å². The Balaban J connectivity index is 1.95. The Morgan fingerprint density at radius 3 is 2.33 bits per heavy atom. The maximum atomic E-state index is 11.6. The van der Waals surface area contributed by atoms with Crippen LogP contribution in [-0.4, -0.2) is 16.1 Å². The van der Waals surface area contributed by atoms with Gasteiger partial charge in [-0.3, -0.25) is 0 Å². The van der Waals surface area contributed by atoms with Crippen molar-refractivity contribution in [1.82, 2.24) is 4.98 Å². The molecule has 3 rings (SSSR count). The topological polar surface area (TPSA) is 50.2 Å². The van der Waals surface area contributed by atoms with Crippen molar-refractivity contribution in [3.63, 3.8) is 0 Å². The summed E-state index contributed by atoms with van der Waals surface area (Å²) in [4.78, 5) is 16.5. The molecule has 2 aromatic carbocycles. The quantitative estimate of drug-likeness (QED) is 0.694. The Kier molecular flexibility index (Phi) is 4.76. The van der Waals surface area contributed by atoms with Crippen molar-refractivity contribution < 1.29 is 9.90 Å². The van der Waals surface area contributed by atoms with Gasteiger partial charge in [-0.2, -0.15) is 0 Å². The second kappa shape index (κ2) is 6.97. The zero-order valence-electron chi connectivity index (χ0n) is 13.7. The van der Waals surface area contributed by atoms with E-state index in [0.29, 0.717) is 22.9 Å². The van der Waals surface area contributed by atoms with Crippen molar-refractivity contribution in [3.8, 4) is 10.6 Å². The molecule has 1 aromatic heterocycles. The monoisotopic (exact) mass is 337 g/mol. The van der Waals surface area contributed by atoms with Crippen LogP contribution in [0.1, 0.15) is 46.3 Å². The Hall–Kier alpha value is -2.46. The first-order valence-corrected chi connectivity index (χ1v) is 8.73. The first kappa shape index (κ1) is 16.4. The molecule has 24 heavy (non-hydrogen) atoms. The Morgan fingerprint density at radius 2 is 1.75 bits per heavy atom. The summed E-state index contributed by atoms with van der Waals surface area (Å²) in [6.07, 6.45) is 0.531. The maximum absolute atomic E-state index is 11.6. The van der Waals surface area contributed by atoms with Gasteiger partial charge in [0.25, 0.3) is 0 Å². The maximum Gasteiger partial charge on any atom is 0.347 e. The molecule has 0 aliphatic carbocycles. The fraction of sp³-hybridized carbons (Fsp3) is 0.200. The van der Waals surface area contributed by atoms with Crippen LogP contribution in [-0.2, 0) is 6.42 Å². The summed E-state index contributed by atoms with van der Waals surface area (Å²) in [6, 6.07) is 18.0. The highest BCUT2D eigenvalue weighted by atomic mass is 32.1. The van der Waals surface area contributed by atoms with Crippen molar-refractivity contribution in [2.45, 2.75) is 26.2 Å². The highest BCUT2D eigenvalue weighted by Gasteiger charge is 2.18. The van der Waals surface area contributed by atoms with E-state index in [2.05, 4.69) is 31.0 Å². The molecule has 1 N–H and O–H groups in total. The smallest absolute Gasteiger partial charge is 0.347 e. The fourth-order valence-electron chi connectivity index (χ4n) is 2.56. The first-order chi connectivity index (χ1) is 11.5. The van der Waals surface area contributed by atoms with Crippen molar-refractivity contribution in [3.05, 3.63) is 76.3 Å². The number of aromatic carboxylic acids is 1. The molecule has 0 atom stereocenters. The summed E-state index contributed by atoms with van der Waals surface area (Å²) in [5.74, 6) is -0.443. The highest BCUT2D eigenvalue weighted by Crippen LogP contribution is 2.30. The molecule has 0 fully saturated rings. The Morgan fingerprint density at radius 1 is 1.08 bits per heavy atom. The van der Waals surface area contributed by atoms with Crippen LogP contribution in [0.25, 0.3) is 10.6 Å². The van der Waals surface area contributed by atoms with E-state index < -0.39 is 5.97 Å². The minimum Gasteiger partial charge on any atom is -0.477 e. The summed E-state index contributed by atoms with van der Waals surface area (Å²) in [5, 5.41) is 10.2. The van der Waals surface area contributed by atoms with Crippen LogP contribution in [0.15, 0.2) is 54.6 Å². The molecule has 122 valence electrons. The number of benzene rings is 2. The molecule has 0 radical (unpaired) electrons. The van der Waals surface area contributed by atoms with E-state index >= 15 is 0 Å². The summed E-state index contributed by atoms with van der Waals surface area (Å²) in [7, 11) is 0. The SMILES string of the molecule is CC(C)c1ccc(-c2nc(Cc3ccccc3)c(C(=O)O)s2)cc1. The molecule has 0 spiro atoms. The average molecular weight is 337 g/mol. The second-order valence-electron chi connectivity index (χ2n) is 6.04. The number of thiazole rings is 1. The van der Waals surface area contributed by atoms with Gasteiger partial charge in [-0.1, -0.05) is 68.4 Å². The molecule has 1 heterocycles. The van der Waals surface area contributed by atoms with Gasteiger partial charge in [0.15, 0.2) is 0 Å². The zero-order valence-corrected chi connectivity index (χ0v) is 14.5. The van der Waals surface area contributed by atoms with Gasteiger partial charge in [-0.25, -0.2) is 9.78 Å². The number of carboxylic acid groups (broad SMARTS) is 1. The number of hydrogen-bond acceptors (Lipinski definition) is 3. The molecule has 0 bridgehead atoms. The van der Waals surface area contributed by atoms with E-state index in [1.807, 2.05) is 42.5 Å². The fourth-order valence-corrected chi connectivity index (χ4v) is 3.49. The van der Waals surface area contributed by atoms with Gasteiger partial charge in [0, 0.05) is 12.0 Å². The van der Waals surface area contributed by atoms with Crippen LogP contribution in [0.2, 0.25) is 0 Å². The molecular weight excluding hydrogens is 318 g/mol. The van der Waals surface area contributed by atoms with Crippen LogP contribution >= 0.6 is 11.3 Å². The number of nitrogens with zero attached hydrogens (tertiary/aromatic N) is 1. The van der Waals surface area contributed by atoms with Gasteiger partial charge >= 0.3 is 5.97 Å². The molecule has 0 aliphatic rings. The summed E-state index contributed by atoms with van der Waals surface area (Å²) >= 11 is 1.24. The molecule has 3 aromatic rings. The van der Waals surface area contributed by atoms with Gasteiger partial charge in [-0.05, 0) is 17.0 Å². The Bertz CT molecular complexity index is 836. The minimum atomic E-state index is -0.913. The number of aromatic nitrogens is 1. The number of carboxylic acids is 1. The summed E-state index contributed by atoms with van der Waals surface area (Å²) in [6.45, 7) is 4.30. The van der Waals surface area contributed by atoms with Crippen LogP contribution in [0, 0.1) is 0 Å². The second-order valence-corrected chi connectivity index (χ2v) is 7.04. The largest absolute Gasteiger partial charge is 0.477 e. The van der Waals surface area contributed by atoms with Gasteiger partial charge in [0.2, 0.25) is 0 Å². The third-order valence-electron chi connectivity index (χ3n) is 3.93. The van der Waals surface area contributed by atoms with Crippen molar-refractivity contribution >= 4 is 17.3 Å². The Labute approximate surface area is 145 Å². The van der Waals surface area contributed by atoms with E-state index in [1.54, 1.807) is 0 Å². The van der Waals surface area contributed by atoms with E-state index in [-0.39, 0.29) is 0 Å². The molecule has 3 nitrogen and oxygen atoms in total. The molecule has 0 saturated heterocycles. The van der Waals surface area contributed by atoms with E-state index in [4.69, 9.17) is 0 Å². The number of rotatable bonds is 5. The molecule has 4 heteroatoms. The van der Waals surface area contributed by atoms with E-state index in [1.165, 1.54) is 16.9 Å². The third kappa shape index (κ3) is 3.54. The number of carbonyl (C=O) groups is 1. The molecule has 0 amide bonds. The van der Waals surface area contributed by atoms with Crippen LogP contribution in [0.3, 0.4) is 0 Å². The molecule has 0 saturated carbocycles. The minimum absolute atomic E-state index is 0.321. The first-order valence-electron chi connectivity index (χ1n) is 7.92. The van der Waals surface area contributed by atoms with E-state index in [9.17, 15) is 9.90 Å². The van der Waals surface area contributed by atoms with Crippen LogP contribution in [0.4, 0.5) is 0 Å². The van der Waals surface area contributed by atoms with Gasteiger partial charge in [-0.15, -0.1) is 11.3 Å². The van der Waals surface area contributed by atoms with E-state index in [0.717, 1.165) is 16.1 Å². The van der Waals surface area contributed by atoms with Gasteiger partial charge in [0.05, 0.1) is 5.69 Å².